The highest BCUT2D eigenvalue weighted by Crippen LogP contribution is 2.34. The number of carbonyl (C=O) groups excluding carboxylic acids is 1. The van der Waals surface area contributed by atoms with Gasteiger partial charge in [0.2, 0.25) is 11.0 Å². The monoisotopic (exact) mass is 342 g/mol. The van der Waals surface area contributed by atoms with Gasteiger partial charge in [-0.1, -0.05) is 53.4 Å². The van der Waals surface area contributed by atoms with Crippen molar-refractivity contribution in [1.82, 2.24) is 10.2 Å². The molecule has 0 atom stereocenters. The van der Waals surface area contributed by atoms with E-state index in [0.29, 0.717) is 5.13 Å². The van der Waals surface area contributed by atoms with Gasteiger partial charge >= 0.3 is 0 Å². The Hall–Kier alpha value is -1.15. The Morgan fingerprint density at radius 2 is 2.05 bits per heavy atom. The van der Waals surface area contributed by atoms with E-state index in [9.17, 15) is 4.79 Å². The lowest BCUT2D eigenvalue weighted by atomic mass is 10.2. The van der Waals surface area contributed by atoms with Crippen LogP contribution in [0.5, 0.6) is 0 Å². The molecule has 3 N–H and O–H groups in total. The van der Waals surface area contributed by atoms with E-state index in [4.69, 9.17) is 5.73 Å². The summed E-state index contributed by atoms with van der Waals surface area (Å²) in [6.07, 6.45) is 1.49. The maximum absolute atomic E-state index is 11.8. The van der Waals surface area contributed by atoms with Crippen LogP contribution in [-0.4, -0.2) is 21.6 Å². The minimum atomic E-state index is -0.678. The van der Waals surface area contributed by atoms with E-state index in [1.165, 1.54) is 16.9 Å². The quantitative estimate of drug-likeness (QED) is 0.645. The van der Waals surface area contributed by atoms with Crippen LogP contribution in [0.1, 0.15) is 18.4 Å². The third-order valence-electron chi connectivity index (χ3n) is 3.07. The molecule has 0 radical (unpaired) electrons. The maximum Gasteiger partial charge on any atom is 0.246 e. The predicted octanol–water partition coefficient (Wildman–Crippen LogP) is 2.68. The van der Waals surface area contributed by atoms with E-state index in [1.807, 2.05) is 18.2 Å². The lowest BCUT2D eigenvalue weighted by Gasteiger charge is -2.05. The molecule has 21 heavy (non-hydrogen) atoms. The third kappa shape index (κ3) is 4.16. The minimum Gasteiger partial charge on any atom is -0.317 e. The minimum absolute atomic E-state index is 0. The number of amides is 1. The molecule has 0 spiro atoms. The Balaban J connectivity index is 0.00000161. The Morgan fingerprint density at radius 3 is 2.71 bits per heavy atom. The molecule has 1 fully saturated rings. The van der Waals surface area contributed by atoms with Gasteiger partial charge in [-0.3, -0.25) is 10.1 Å². The summed E-state index contributed by atoms with van der Waals surface area (Å²) < 4.78 is 0.839. The number of nitrogens with one attached hydrogen (secondary N) is 1. The fraction of sp³-hybridized carbons (Fsp3) is 0.308. The van der Waals surface area contributed by atoms with E-state index in [-0.39, 0.29) is 18.3 Å². The molecule has 1 aromatic carbocycles. The van der Waals surface area contributed by atoms with Crippen molar-refractivity contribution in [2.75, 3.05) is 5.32 Å². The zero-order chi connectivity index (χ0) is 14.0. The number of halogens is 1. The van der Waals surface area contributed by atoms with E-state index < -0.39 is 5.54 Å². The molecule has 0 bridgehead atoms. The molecule has 3 rings (SSSR count). The summed E-state index contributed by atoms with van der Waals surface area (Å²) in [6, 6.07) is 10.2. The van der Waals surface area contributed by atoms with Gasteiger partial charge in [0.1, 0.15) is 0 Å². The molecule has 1 heterocycles. The van der Waals surface area contributed by atoms with Gasteiger partial charge in [-0.2, -0.15) is 0 Å². The van der Waals surface area contributed by atoms with Crippen LogP contribution >= 0.6 is 35.5 Å². The van der Waals surface area contributed by atoms with Crippen LogP contribution in [0, 0.1) is 0 Å². The number of aromatic nitrogens is 2. The van der Waals surface area contributed by atoms with E-state index in [2.05, 4.69) is 27.6 Å². The average Bonchev–Trinajstić information content (AvgIpc) is 3.06. The lowest BCUT2D eigenvalue weighted by Crippen LogP contribution is -2.37. The molecule has 2 aromatic rings. The Kier molecular flexibility index (Phi) is 5.21. The van der Waals surface area contributed by atoms with Gasteiger partial charge in [-0.25, -0.2) is 0 Å². The highest BCUT2D eigenvalue weighted by atomic mass is 35.5. The summed E-state index contributed by atoms with van der Waals surface area (Å²) in [6.45, 7) is 0. The van der Waals surface area contributed by atoms with Crippen molar-refractivity contribution in [2.24, 2.45) is 5.73 Å². The number of carbonyl (C=O) groups is 1. The van der Waals surface area contributed by atoms with Crippen LogP contribution in [0.3, 0.4) is 0 Å². The first-order chi connectivity index (χ1) is 9.66. The van der Waals surface area contributed by atoms with Crippen molar-refractivity contribution >= 4 is 46.5 Å². The van der Waals surface area contributed by atoms with Crippen molar-refractivity contribution in [3.8, 4) is 0 Å². The second-order valence-corrected chi connectivity index (χ2v) is 6.96. The smallest absolute Gasteiger partial charge is 0.246 e. The molecule has 1 saturated carbocycles. The summed E-state index contributed by atoms with van der Waals surface area (Å²) in [5.41, 5.74) is 6.37. The molecule has 1 amide bonds. The fourth-order valence-corrected chi connectivity index (χ4v) is 3.32. The summed E-state index contributed by atoms with van der Waals surface area (Å²) in [7, 11) is 0. The van der Waals surface area contributed by atoms with Crippen LogP contribution in [0.2, 0.25) is 0 Å². The number of nitrogens with zero attached hydrogens (tertiary/aromatic N) is 2. The second-order valence-electron chi connectivity index (χ2n) is 4.76. The number of rotatable bonds is 5. The van der Waals surface area contributed by atoms with Crippen LogP contribution in [-0.2, 0) is 10.5 Å². The molecular formula is C13H15ClN4OS2. The molecule has 1 aliphatic rings. The number of benzene rings is 1. The van der Waals surface area contributed by atoms with Crippen molar-refractivity contribution in [3.05, 3.63) is 35.9 Å². The number of nitrogens with two attached hydrogens (primary N) is 1. The van der Waals surface area contributed by atoms with Crippen molar-refractivity contribution < 1.29 is 4.79 Å². The Morgan fingerprint density at radius 1 is 1.33 bits per heavy atom. The van der Waals surface area contributed by atoms with Gasteiger partial charge in [0, 0.05) is 5.75 Å². The Bertz CT molecular complexity index is 616. The van der Waals surface area contributed by atoms with Gasteiger partial charge in [0.25, 0.3) is 0 Å². The molecular weight excluding hydrogens is 328 g/mol. The van der Waals surface area contributed by atoms with Crippen molar-refractivity contribution in [1.29, 1.82) is 0 Å². The SMILES string of the molecule is Cl.NC1(C(=O)Nc2nnc(SCc3ccccc3)s2)CC1. The third-order valence-corrected chi connectivity index (χ3v) is 5.12. The van der Waals surface area contributed by atoms with Gasteiger partial charge in [0.05, 0.1) is 5.54 Å². The van der Waals surface area contributed by atoms with Crippen LogP contribution in [0.4, 0.5) is 5.13 Å². The number of hydrogen-bond donors (Lipinski definition) is 2. The van der Waals surface area contributed by atoms with Crippen molar-refractivity contribution in [3.63, 3.8) is 0 Å². The zero-order valence-electron chi connectivity index (χ0n) is 11.1. The second kappa shape index (κ2) is 6.74. The highest BCUT2D eigenvalue weighted by Gasteiger charge is 2.46. The van der Waals surface area contributed by atoms with Crippen molar-refractivity contribution in [2.45, 2.75) is 28.5 Å². The zero-order valence-corrected chi connectivity index (χ0v) is 13.6. The summed E-state index contributed by atoms with van der Waals surface area (Å²) in [5.74, 6) is 0.679. The topological polar surface area (TPSA) is 80.9 Å². The van der Waals surface area contributed by atoms with Crippen LogP contribution in [0.25, 0.3) is 0 Å². The summed E-state index contributed by atoms with van der Waals surface area (Å²) >= 11 is 2.98. The van der Waals surface area contributed by atoms with Crippen LogP contribution < -0.4 is 11.1 Å². The maximum atomic E-state index is 11.8. The van der Waals surface area contributed by atoms with Gasteiger partial charge < -0.3 is 5.73 Å². The largest absolute Gasteiger partial charge is 0.317 e. The molecule has 1 aromatic heterocycles. The normalized spacial score (nSPS) is 15.1. The molecule has 1 aliphatic carbocycles. The number of anilines is 1. The van der Waals surface area contributed by atoms with Gasteiger partial charge in [-0.05, 0) is 18.4 Å². The Labute approximate surface area is 137 Å². The van der Waals surface area contributed by atoms with E-state index in [1.54, 1.807) is 11.8 Å². The first-order valence-corrected chi connectivity index (χ1v) is 8.06. The molecule has 8 heteroatoms. The molecule has 5 nitrogen and oxygen atoms in total. The summed E-state index contributed by atoms with van der Waals surface area (Å²) in [4.78, 5) is 11.8. The van der Waals surface area contributed by atoms with Crippen LogP contribution in [0.15, 0.2) is 34.7 Å². The van der Waals surface area contributed by atoms with E-state index in [0.717, 1.165) is 22.9 Å². The molecule has 112 valence electrons. The molecule has 0 saturated heterocycles. The first-order valence-electron chi connectivity index (χ1n) is 6.26. The molecule has 0 unspecified atom stereocenters. The summed E-state index contributed by atoms with van der Waals surface area (Å²) in [5, 5.41) is 11.3. The predicted molar refractivity (Wildman–Crippen MR) is 87.9 cm³/mol. The standard InChI is InChI=1S/C13H14N4OS2.ClH/c14-13(6-7-13)10(18)15-11-16-17-12(20-11)19-8-9-4-2-1-3-5-9;/h1-5H,6-8,14H2,(H,15,16,18);1H. The average molecular weight is 343 g/mol. The lowest BCUT2D eigenvalue weighted by molar-refractivity contribution is -0.118. The molecule has 0 aliphatic heterocycles. The number of thioether (sulfide) groups is 1. The number of hydrogen-bond acceptors (Lipinski definition) is 6. The van der Waals surface area contributed by atoms with E-state index >= 15 is 0 Å². The van der Waals surface area contributed by atoms with Gasteiger partial charge in [-0.15, -0.1) is 22.6 Å². The highest BCUT2D eigenvalue weighted by molar-refractivity contribution is 8.00. The fourth-order valence-electron chi connectivity index (χ4n) is 1.62. The van der Waals surface area contributed by atoms with Gasteiger partial charge in [0.15, 0.2) is 4.34 Å². The first kappa shape index (κ1) is 16.2.